The highest BCUT2D eigenvalue weighted by molar-refractivity contribution is 6.00. The lowest BCUT2D eigenvalue weighted by Gasteiger charge is -2.30. The lowest BCUT2D eigenvalue weighted by molar-refractivity contribution is -0.141. The molecule has 0 bridgehead atoms. The van der Waals surface area contributed by atoms with E-state index in [1.165, 1.54) is 0 Å². The van der Waals surface area contributed by atoms with Crippen LogP contribution >= 0.6 is 0 Å². The lowest BCUT2D eigenvalue weighted by Crippen LogP contribution is -2.32. The van der Waals surface area contributed by atoms with Gasteiger partial charge in [-0.25, -0.2) is 9.59 Å². The summed E-state index contributed by atoms with van der Waals surface area (Å²) in [5.41, 5.74) is 4.33. The normalized spacial score (nSPS) is 14.9. The molecule has 0 unspecified atom stereocenters. The molecular weight excluding hydrogens is 470 g/mol. The van der Waals surface area contributed by atoms with Gasteiger partial charge in [-0.05, 0) is 42.7 Å². The molecule has 0 fully saturated rings. The van der Waals surface area contributed by atoms with E-state index in [0.29, 0.717) is 39.6 Å². The summed E-state index contributed by atoms with van der Waals surface area (Å²) in [6, 6.07) is 24.3. The van der Waals surface area contributed by atoms with Gasteiger partial charge in [0.2, 0.25) is 6.79 Å². The average molecular weight is 498 g/mol. The predicted octanol–water partition coefficient (Wildman–Crippen LogP) is 5.14. The second kappa shape index (κ2) is 10.6. The van der Waals surface area contributed by atoms with Gasteiger partial charge in [0.1, 0.15) is 13.2 Å². The molecule has 0 aliphatic carbocycles. The molecule has 7 nitrogen and oxygen atoms in total. The van der Waals surface area contributed by atoms with Crippen molar-refractivity contribution in [3.8, 4) is 11.5 Å². The molecule has 5 rings (SSSR count). The van der Waals surface area contributed by atoms with Crippen LogP contribution in [0.1, 0.15) is 36.5 Å². The highest BCUT2D eigenvalue weighted by atomic mass is 16.7. The van der Waals surface area contributed by atoms with Crippen LogP contribution in [0, 0.1) is 0 Å². The Hall–Kier alpha value is -4.52. The van der Waals surface area contributed by atoms with Crippen molar-refractivity contribution >= 4 is 11.9 Å². The fraction of sp³-hybridized carbons (Fsp3) is 0.200. The van der Waals surface area contributed by atoms with E-state index in [4.69, 9.17) is 18.9 Å². The molecule has 37 heavy (non-hydrogen) atoms. The molecule has 3 aromatic carbocycles. The summed E-state index contributed by atoms with van der Waals surface area (Å²) in [4.78, 5) is 27.0. The van der Waals surface area contributed by atoms with Gasteiger partial charge in [0.25, 0.3) is 0 Å². The Bertz CT molecular complexity index is 1300. The van der Waals surface area contributed by atoms with Crippen molar-refractivity contribution in [1.29, 1.82) is 0 Å². The van der Waals surface area contributed by atoms with Crippen LogP contribution in [-0.2, 0) is 32.3 Å². The summed E-state index contributed by atoms with van der Waals surface area (Å²) >= 11 is 0. The molecule has 7 heteroatoms. The van der Waals surface area contributed by atoms with Crippen LogP contribution in [0.3, 0.4) is 0 Å². The minimum absolute atomic E-state index is 0.112. The van der Waals surface area contributed by atoms with Crippen molar-refractivity contribution in [2.45, 2.75) is 33.0 Å². The number of dihydropyridines is 1. The molecule has 0 spiro atoms. The molecule has 0 saturated heterocycles. The first-order valence-corrected chi connectivity index (χ1v) is 12.0. The number of esters is 2. The monoisotopic (exact) mass is 497 g/mol. The van der Waals surface area contributed by atoms with E-state index in [9.17, 15) is 9.59 Å². The lowest BCUT2D eigenvalue weighted by atomic mass is 9.80. The maximum absolute atomic E-state index is 13.5. The Balaban J connectivity index is 1.48. The van der Waals surface area contributed by atoms with E-state index in [0.717, 1.165) is 11.1 Å². The third-order valence-corrected chi connectivity index (χ3v) is 6.36. The standard InChI is InChI=1S/C30H27NO6/c1-19-26(29(32)34-16-21-9-5-3-6-10-21)28(23-13-14-24-25(15-23)37-18-36-24)27(20(2)31-19)30(33)35-17-22-11-7-4-8-12-22/h3-15,28,31H,16-18H2,1-2H3. The van der Waals surface area contributed by atoms with Crippen LogP contribution in [-0.4, -0.2) is 18.7 Å². The van der Waals surface area contributed by atoms with Crippen molar-refractivity contribution in [2.75, 3.05) is 6.79 Å². The van der Waals surface area contributed by atoms with Crippen LogP contribution in [0.25, 0.3) is 0 Å². The topological polar surface area (TPSA) is 83.1 Å². The number of allylic oxidation sites excluding steroid dienone is 2. The first kappa shape index (κ1) is 24.2. The molecule has 3 aromatic rings. The number of hydrogen-bond acceptors (Lipinski definition) is 7. The third-order valence-electron chi connectivity index (χ3n) is 6.36. The largest absolute Gasteiger partial charge is 0.457 e. The van der Waals surface area contributed by atoms with E-state index in [1.54, 1.807) is 26.0 Å². The van der Waals surface area contributed by atoms with E-state index in [2.05, 4.69) is 5.32 Å². The van der Waals surface area contributed by atoms with Crippen LogP contribution in [0.4, 0.5) is 0 Å². The molecular formula is C30H27NO6. The first-order valence-electron chi connectivity index (χ1n) is 12.0. The van der Waals surface area contributed by atoms with Crippen LogP contribution in [0.2, 0.25) is 0 Å². The summed E-state index contributed by atoms with van der Waals surface area (Å²) < 4.78 is 22.5. The number of carbonyl (C=O) groups excluding carboxylic acids is 2. The van der Waals surface area contributed by atoms with Gasteiger partial charge >= 0.3 is 11.9 Å². The molecule has 188 valence electrons. The number of rotatable bonds is 7. The summed E-state index contributed by atoms with van der Waals surface area (Å²) in [6.07, 6.45) is 0. The zero-order chi connectivity index (χ0) is 25.8. The molecule has 2 heterocycles. The molecule has 0 amide bonds. The van der Waals surface area contributed by atoms with Crippen molar-refractivity contribution in [1.82, 2.24) is 5.32 Å². The average Bonchev–Trinajstić information content (AvgIpc) is 3.39. The van der Waals surface area contributed by atoms with Crippen molar-refractivity contribution in [3.05, 3.63) is 118 Å². The fourth-order valence-corrected chi connectivity index (χ4v) is 4.56. The molecule has 2 aliphatic rings. The number of carbonyl (C=O) groups is 2. The summed E-state index contributed by atoms with van der Waals surface area (Å²) in [5, 5.41) is 3.19. The number of hydrogen-bond donors (Lipinski definition) is 1. The van der Waals surface area contributed by atoms with Crippen molar-refractivity contribution in [2.24, 2.45) is 0 Å². The quantitative estimate of drug-likeness (QED) is 0.453. The van der Waals surface area contributed by atoms with E-state index in [-0.39, 0.29) is 20.0 Å². The van der Waals surface area contributed by atoms with Gasteiger partial charge in [-0.2, -0.15) is 0 Å². The Kier molecular flexibility index (Phi) is 6.94. The first-order chi connectivity index (χ1) is 18.0. The van der Waals surface area contributed by atoms with Gasteiger partial charge in [0.05, 0.1) is 17.1 Å². The molecule has 0 atom stereocenters. The van der Waals surface area contributed by atoms with Crippen molar-refractivity contribution in [3.63, 3.8) is 0 Å². The molecule has 1 N–H and O–H groups in total. The smallest absolute Gasteiger partial charge is 0.337 e. The number of benzene rings is 3. The highest BCUT2D eigenvalue weighted by Gasteiger charge is 2.38. The van der Waals surface area contributed by atoms with Gasteiger partial charge in [-0.15, -0.1) is 0 Å². The Labute approximate surface area is 215 Å². The second-order valence-corrected chi connectivity index (χ2v) is 8.87. The van der Waals surface area contributed by atoms with Gasteiger partial charge in [0, 0.05) is 11.4 Å². The molecule has 0 aromatic heterocycles. The third kappa shape index (κ3) is 5.21. The maximum Gasteiger partial charge on any atom is 0.337 e. The van der Waals surface area contributed by atoms with Crippen LogP contribution < -0.4 is 14.8 Å². The van der Waals surface area contributed by atoms with Crippen LogP contribution in [0.5, 0.6) is 11.5 Å². The molecule has 0 saturated carbocycles. The van der Waals surface area contributed by atoms with Gasteiger partial charge in [-0.3, -0.25) is 0 Å². The van der Waals surface area contributed by atoms with E-state index in [1.807, 2.05) is 66.7 Å². The zero-order valence-corrected chi connectivity index (χ0v) is 20.7. The van der Waals surface area contributed by atoms with E-state index < -0.39 is 17.9 Å². The highest BCUT2D eigenvalue weighted by Crippen LogP contribution is 2.43. The number of ether oxygens (including phenoxy) is 4. The second-order valence-electron chi connectivity index (χ2n) is 8.87. The van der Waals surface area contributed by atoms with Gasteiger partial charge in [-0.1, -0.05) is 66.7 Å². The minimum atomic E-state index is -0.720. The fourth-order valence-electron chi connectivity index (χ4n) is 4.56. The van der Waals surface area contributed by atoms with Gasteiger partial charge < -0.3 is 24.3 Å². The predicted molar refractivity (Wildman–Crippen MR) is 136 cm³/mol. The summed E-state index contributed by atoms with van der Waals surface area (Å²) in [5.74, 6) is -0.585. The minimum Gasteiger partial charge on any atom is -0.457 e. The summed E-state index contributed by atoms with van der Waals surface area (Å²) in [6.45, 7) is 3.94. The van der Waals surface area contributed by atoms with Crippen molar-refractivity contribution < 1.29 is 28.5 Å². The summed E-state index contributed by atoms with van der Waals surface area (Å²) in [7, 11) is 0. The zero-order valence-electron chi connectivity index (χ0n) is 20.7. The Morgan fingerprint density at radius 1 is 0.757 bits per heavy atom. The van der Waals surface area contributed by atoms with Gasteiger partial charge in [0.15, 0.2) is 11.5 Å². The molecule has 2 aliphatic heterocycles. The number of nitrogens with one attached hydrogen (secondary N) is 1. The number of fused-ring (bicyclic) bond motifs is 1. The van der Waals surface area contributed by atoms with E-state index >= 15 is 0 Å². The maximum atomic E-state index is 13.5. The molecule has 0 radical (unpaired) electrons. The SMILES string of the molecule is CC1=C(C(=O)OCc2ccccc2)C(c2ccc3c(c2)OCO3)C(C(=O)OCc2ccccc2)=C(C)N1. The Morgan fingerprint density at radius 2 is 1.27 bits per heavy atom. The Morgan fingerprint density at radius 3 is 1.81 bits per heavy atom. The van der Waals surface area contributed by atoms with Crippen LogP contribution in [0.15, 0.2) is 101 Å².